The lowest BCUT2D eigenvalue weighted by molar-refractivity contribution is -0.113. The number of anilines is 1. The van der Waals surface area contributed by atoms with Crippen LogP contribution >= 0.6 is 11.8 Å². The molecule has 28 heavy (non-hydrogen) atoms. The van der Waals surface area contributed by atoms with Crippen molar-refractivity contribution in [3.63, 3.8) is 0 Å². The highest BCUT2D eigenvalue weighted by Crippen LogP contribution is 2.28. The third-order valence-corrected chi connectivity index (χ3v) is 5.47. The van der Waals surface area contributed by atoms with Gasteiger partial charge in [-0.15, -0.1) is 10.2 Å². The molecule has 0 saturated heterocycles. The fourth-order valence-electron chi connectivity index (χ4n) is 3.19. The lowest BCUT2D eigenvalue weighted by Gasteiger charge is -2.10. The van der Waals surface area contributed by atoms with Gasteiger partial charge in [-0.25, -0.2) is 0 Å². The third-order valence-electron chi connectivity index (χ3n) is 4.54. The molecule has 1 N–H and O–H groups in total. The molecule has 3 aromatic heterocycles. The summed E-state index contributed by atoms with van der Waals surface area (Å²) in [6.07, 6.45) is 1.42. The number of thioether (sulfide) groups is 1. The Hall–Kier alpha value is -3.38. The van der Waals surface area contributed by atoms with Crippen LogP contribution in [0.15, 0.2) is 35.6 Å². The first-order valence-corrected chi connectivity index (χ1v) is 9.57. The number of pyridine rings is 1. The summed E-state index contributed by atoms with van der Waals surface area (Å²) in [5.41, 5.74) is 4.37. The van der Waals surface area contributed by atoms with Gasteiger partial charge in [-0.05, 0) is 31.0 Å². The minimum absolute atomic E-state index is 0.137. The minimum atomic E-state index is -0.241. The van der Waals surface area contributed by atoms with E-state index in [2.05, 4.69) is 33.6 Å². The van der Waals surface area contributed by atoms with Gasteiger partial charge in [0.2, 0.25) is 5.91 Å². The number of carbonyl (C=O) groups excluding carboxylic acids is 1. The highest BCUT2D eigenvalue weighted by molar-refractivity contribution is 7.99. The lowest BCUT2D eigenvalue weighted by atomic mass is 10.1. The number of aromatic nitrogens is 5. The molecular formula is C19H17N7OS. The molecule has 0 unspecified atom stereocenters. The van der Waals surface area contributed by atoms with E-state index in [9.17, 15) is 4.79 Å². The van der Waals surface area contributed by atoms with Gasteiger partial charge in [0, 0.05) is 12.4 Å². The molecule has 3 heterocycles. The second-order valence-corrected chi connectivity index (χ2v) is 7.40. The number of para-hydroxylation sites is 1. The molecule has 1 aromatic carbocycles. The maximum absolute atomic E-state index is 12.4. The van der Waals surface area contributed by atoms with E-state index in [-0.39, 0.29) is 11.7 Å². The number of rotatable bonds is 4. The zero-order chi connectivity index (χ0) is 19.8. The third kappa shape index (κ3) is 2.97. The molecule has 0 bridgehead atoms. The normalized spacial score (nSPS) is 11.1. The summed E-state index contributed by atoms with van der Waals surface area (Å²) < 4.78 is 3.45. The van der Waals surface area contributed by atoms with E-state index in [1.807, 2.05) is 35.6 Å². The van der Waals surface area contributed by atoms with Crippen molar-refractivity contribution in [1.82, 2.24) is 24.4 Å². The number of nitriles is 1. The van der Waals surface area contributed by atoms with Gasteiger partial charge in [0.15, 0.2) is 10.8 Å². The summed E-state index contributed by atoms with van der Waals surface area (Å²) in [4.78, 5) is 12.4. The topological polar surface area (TPSA) is 101 Å². The number of benzene rings is 1. The van der Waals surface area contributed by atoms with Gasteiger partial charge in [0.1, 0.15) is 17.5 Å². The summed E-state index contributed by atoms with van der Waals surface area (Å²) in [6.45, 7) is 4.10. The molecule has 9 heteroatoms. The van der Waals surface area contributed by atoms with E-state index < -0.39 is 0 Å². The summed E-state index contributed by atoms with van der Waals surface area (Å²) in [5, 5.41) is 26.2. The van der Waals surface area contributed by atoms with Crippen LogP contribution in [0.2, 0.25) is 0 Å². The van der Waals surface area contributed by atoms with Crippen LogP contribution in [0.25, 0.3) is 16.6 Å². The molecule has 8 nitrogen and oxygen atoms in total. The van der Waals surface area contributed by atoms with Crippen LogP contribution in [0.4, 0.5) is 5.82 Å². The standard InChI is InChI=1S/C19H17N7OS/c1-11-5-4-6-14-12(2)7-15-23-24-19(26(15)17(11)14)28-10-16(27)22-18-13(8-20)9-21-25(18)3/h4-7,9H,10H2,1-3H3,(H,22,27). The molecule has 0 aliphatic rings. The Morgan fingerprint density at radius 1 is 1.29 bits per heavy atom. The highest BCUT2D eigenvalue weighted by atomic mass is 32.2. The molecule has 0 fully saturated rings. The molecule has 0 atom stereocenters. The van der Waals surface area contributed by atoms with Gasteiger partial charge in [-0.2, -0.15) is 10.4 Å². The van der Waals surface area contributed by atoms with Gasteiger partial charge in [0.25, 0.3) is 0 Å². The molecule has 140 valence electrons. The predicted molar refractivity (Wildman–Crippen MR) is 107 cm³/mol. The molecule has 0 spiro atoms. The molecule has 0 aliphatic heterocycles. The maximum atomic E-state index is 12.4. The first kappa shape index (κ1) is 18.0. The van der Waals surface area contributed by atoms with E-state index >= 15 is 0 Å². The predicted octanol–water partition coefficient (Wildman–Crippen LogP) is 2.84. The van der Waals surface area contributed by atoms with E-state index in [0.29, 0.717) is 16.5 Å². The fourth-order valence-corrected chi connectivity index (χ4v) is 3.93. The number of nitrogens with one attached hydrogen (secondary N) is 1. The summed E-state index contributed by atoms with van der Waals surface area (Å²) in [5.74, 6) is 0.282. The van der Waals surface area contributed by atoms with Gasteiger partial charge < -0.3 is 5.32 Å². The second kappa shape index (κ2) is 6.98. The molecule has 0 aliphatic carbocycles. The van der Waals surface area contributed by atoms with Gasteiger partial charge in [-0.3, -0.25) is 13.9 Å². The van der Waals surface area contributed by atoms with Crippen LogP contribution in [0.1, 0.15) is 16.7 Å². The minimum Gasteiger partial charge on any atom is -0.309 e. The molecule has 0 radical (unpaired) electrons. The first-order chi connectivity index (χ1) is 13.5. The van der Waals surface area contributed by atoms with Crippen LogP contribution < -0.4 is 5.32 Å². The number of amides is 1. The van der Waals surface area contributed by atoms with Crippen LogP contribution in [-0.2, 0) is 11.8 Å². The van der Waals surface area contributed by atoms with Crippen LogP contribution in [0.5, 0.6) is 0 Å². The maximum Gasteiger partial charge on any atom is 0.236 e. The molecule has 0 saturated carbocycles. The van der Waals surface area contributed by atoms with Crippen molar-refractivity contribution in [3.8, 4) is 6.07 Å². The SMILES string of the molecule is Cc1cc2nnc(SCC(=O)Nc3c(C#N)cnn3C)n2c2c(C)cccc12. The van der Waals surface area contributed by atoms with E-state index in [0.717, 1.165) is 27.7 Å². The fraction of sp³-hybridized carbons (Fsp3) is 0.211. The van der Waals surface area contributed by atoms with Crippen molar-refractivity contribution in [2.75, 3.05) is 11.1 Å². The number of hydrogen-bond acceptors (Lipinski definition) is 6. The monoisotopic (exact) mass is 391 g/mol. The summed E-state index contributed by atoms with van der Waals surface area (Å²) in [7, 11) is 1.67. The number of nitrogens with zero attached hydrogens (tertiary/aromatic N) is 6. The van der Waals surface area contributed by atoms with E-state index in [1.165, 1.54) is 22.6 Å². The van der Waals surface area contributed by atoms with E-state index in [1.54, 1.807) is 7.05 Å². The molecular weight excluding hydrogens is 374 g/mol. The average molecular weight is 391 g/mol. The van der Waals surface area contributed by atoms with Crippen molar-refractivity contribution in [2.24, 2.45) is 7.05 Å². The van der Waals surface area contributed by atoms with Crippen molar-refractivity contribution in [1.29, 1.82) is 5.26 Å². The summed E-state index contributed by atoms with van der Waals surface area (Å²) in [6, 6.07) is 10.2. The van der Waals surface area contributed by atoms with Gasteiger partial charge in [0.05, 0.1) is 17.5 Å². The number of aryl methyl sites for hydroxylation is 3. The quantitative estimate of drug-likeness (QED) is 0.537. The molecule has 4 aromatic rings. The number of carbonyl (C=O) groups is 1. The number of hydrogen-bond donors (Lipinski definition) is 1. The van der Waals surface area contributed by atoms with Crippen molar-refractivity contribution >= 4 is 40.0 Å². The van der Waals surface area contributed by atoms with Crippen LogP contribution in [0, 0.1) is 25.2 Å². The second-order valence-electron chi connectivity index (χ2n) is 6.45. The Morgan fingerprint density at radius 3 is 2.89 bits per heavy atom. The van der Waals surface area contributed by atoms with Crippen LogP contribution in [0.3, 0.4) is 0 Å². The largest absolute Gasteiger partial charge is 0.309 e. The zero-order valence-corrected chi connectivity index (χ0v) is 16.4. The van der Waals surface area contributed by atoms with Crippen molar-refractivity contribution < 1.29 is 4.79 Å². The lowest BCUT2D eigenvalue weighted by Crippen LogP contribution is -2.17. The Labute approximate surface area is 165 Å². The van der Waals surface area contributed by atoms with Crippen molar-refractivity contribution in [2.45, 2.75) is 19.0 Å². The van der Waals surface area contributed by atoms with Crippen LogP contribution in [-0.4, -0.2) is 36.0 Å². The Morgan fingerprint density at radius 2 is 2.11 bits per heavy atom. The molecule has 4 rings (SSSR count). The Kier molecular flexibility index (Phi) is 4.49. The highest BCUT2D eigenvalue weighted by Gasteiger charge is 2.16. The van der Waals surface area contributed by atoms with Gasteiger partial charge >= 0.3 is 0 Å². The van der Waals surface area contributed by atoms with Crippen molar-refractivity contribution in [3.05, 3.63) is 47.2 Å². The molecule has 1 amide bonds. The summed E-state index contributed by atoms with van der Waals surface area (Å²) >= 11 is 1.30. The average Bonchev–Trinajstić information content (AvgIpc) is 3.24. The number of fused-ring (bicyclic) bond motifs is 3. The Balaban J connectivity index is 1.63. The van der Waals surface area contributed by atoms with Gasteiger partial charge in [-0.1, -0.05) is 30.0 Å². The zero-order valence-electron chi connectivity index (χ0n) is 15.6. The van der Waals surface area contributed by atoms with E-state index in [4.69, 9.17) is 5.26 Å². The first-order valence-electron chi connectivity index (χ1n) is 8.58. The smallest absolute Gasteiger partial charge is 0.236 e. The Bertz CT molecular complexity index is 1260.